The number of carbonyl (C=O) groups is 1. The molecule has 0 bridgehead atoms. The lowest BCUT2D eigenvalue weighted by atomic mass is 10.1. The first-order chi connectivity index (χ1) is 14.5. The highest BCUT2D eigenvalue weighted by atomic mass is 16.5. The molecular formula is C23H23N5O2. The van der Waals surface area contributed by atoms with Gasteiger partial charge in [0.2, 0.25) is 0 Å². The summed E-state index contributed by atoms with van der Waals surface area (Å²) in [5.74, 6) is 1.47. The molecule has 4 aromatic rings. The van der Waals surface area contributed by atoms with Crippen molar-refractivity contribution in [3.63, 3.8) is 0 Å². The summed E-state index contributed by atoms with van der Waals surface area (Å²) in [6, 6.07) is 16.9. The highest BCUT2D eigenvalue weighted by Gasteiger charge is 2.23. The van der Waals surface area contributed by atoms with Gasteiger partial charge in [-0.15, -0.1) is 5.10 Å². The quantitative estimate of drug-likeness (QED) is 0.507. The molecule has 2 aromatic heterocycles. The molecule has 0 atom stereocenters. The Kier molecular flexibility index (Phi) is 5.18. The number of hydrogen-bond acceptors (Lipinski definition) is 5. The Morgan fingerprint density at radius 2 is 1.77 bits per heavy atom. The van der Waals surface area contributed by atoms with Crippen molar-refractivity contribution >= 4 is 17.4 Å². The van der Waals surface area contributed by atoms with E-state index in [-0.39, 0.29) is 12.5 Å². The number of hydrogen-bond donors (Lipinski definition) is 0. The fraction of sp³-hybridized carbons (Fsp3) is 0.217. The molecule has 0 spiro atoms. The summed E-state index contributed by atoms with van der Waals surface area (Å²) in [5.41, 5.74) is 4.14. The maximum atomic E-state index is 13.5. The second-order valence-electron chi connectivity index (χ2n) is 7.21. The van der Waals surface area contributed by atoms with Crippen LogP contribution in [0.25, 0.3) is 5.78 Å². The van der Waals surface area contributed by atoms with Crippen LogP contribution in [0.1, 0.15) is 33.1 Å². The van der Waals surface area contributed by atoms with Crippen LogP contribution in [0.4, 0.5) is 5.69 Å². The van der Waals surface area contributed by atoms with E-state index in [1.807, 2.05) is 75.4 Å². The zero-order chi connectivity index (χ0) is 21.3. The number of amides is 1. The van der Waals surface area contributed by atoms with Gasteiger partial charge in [0.15, 0.2) is 5.82 Å². The molecule has 152 valence electrons. The maximum Gasteiger partial charge on any atom is 0.258 e. The zero-order valence-corrected chi connectivity index (χ0v) is 17.5. The van der Waals surface area contributed by atoms with Crippen LogP contribution >= 0.6 is 0 Å². The average molecular weight is 401 g/mol. The first kappa shape index (κ1) is 19.6. The topological polar surface area (TPSA) is 72.6 Å². The number of para-hydroxylation sites is 2. The van der Waals surface area contributed by atoms with E-state index in [9.17, 15) is 4.79 Å². The van der Waals surface area contributed by atoms with Crippen LogP contribution in [0.15, 0.2) is 54.6 Å². The second kappa shape index (κ2) is 7.94. The Balaban J connectivity index is 1.78. The van der Waals surface area contributed by atoms with Gasteiger partial charge >= 0.3 is 0 Å². The van der Waals surface area contributed by atoms with Gasteiger partial charge in [-0.05, 0) is 51.1 Å². The molecule has 0 fully saturated rings. The Hall–Kier alpha value is -3.74. The minimum atomic E-state index is -0.154. The summed E-state index contributed by atoms with van der Waals surface area (Å²) in [5, 5.41) is 4.57. The van der Waals surface area contributed by atoms with Crippen molar-refractivity contribution in [2.45, 2.75) is 27.3 Å². The smallest absolute Gasteiger partial charge is 0.258 e. The molecule has 0 aliphatic carbocycles. The van der Waals surface area contributed by atoms with E-state index in [0.29, 0.717) is 28.6 Å². The molecule has 0 radical (unpaired) electrons. The molecule has 7 heteroatoms. The first-order valence-electron chi connectivity index (χ1n) is 9.67. The van der Waals surface area contributed by atoms with Gasteiger partial charge in [0.25, 0.3) is 11.7 Å². The minimum Gasteiger partial charge on any atom is -0.495 e. The lowest BCUT2D eigenvalue weighted by Crippen LogP contribution is -2.31. The van der Waals surface area contributed by atoms with Crippen LogP contribution in [-0.2, 0) is 6.54 Å². The third-order valence-corrected chi connectivity index (χ3v) is 4.88. The molecule has 0 unspecified atom stereocenters. The molecule has 0 saturated heterocycles. The van der Waals surface area contributed by atoms with E-state index in [1.165, 1.54) is 0 Å². The van der Waals surface area contributed by atoms with E-state index in [0.717, 1.165) is 17.0 Å². The van der Waals surface area contributed by atoms with Crippen LogP contribution in [0.5, 0.6) is 5.75 Å². The molecular weight excluding hydrogens is 378 g/mol. The molecule has 0 saturated carbocycles. The standard InChI is InChI=1S/C23H23N5O2/c1-15-9-11-18(12-10-15)22(29)27(19-7-5-6-8-20(19)30-4)14-21-25-23-24-16(2)13-17(3)28(23)26-21/h5-13H,14H2,1-4H3. The molecule has 0 N–H and O–H groups in total. The van der Waals surface area contributed by atoms with Gasteiger partial charge in [0, 0.05) is 17.0 Å². The lowest BCUT2D eigenvalue weighted by Gasteiger charge is -2.23. The fourth-order valence-corrected chi connectivity index (χ4v) is 3.39. The number of benzene rings is 2. The zero-order valence-electron chi connectivity index (χ0n) is 17.5. The van der Waals surface area contributed by atoms with Crippen LogP contribution < -0.4 is 9.64 Å². The highest BCUT2D eigenvalue weighted by molar-refractivity contribution is 6.06. The SMILES string of the molecule is COc1ccccc1N(Cc1nc2nc(C)cc(C)n2n1)C(=O)c1ccc(C)cc1. The van der Waals surface area contributed by atoms with Gasteiger partial charge in [0.05, 0.1) is 19.3 Å². The van der Waals surface area contributed by atoms with Crippen molar-refractivity contribution in [1.29, 1.82) is 0 Å². The van der Waals surface area contributed by atoms with Gasteiger partial charge in [-0.1, -0.05) is 29.8 Å². The fourth-order valence-electron chi connectivity index (χ4n) is 3.39. The molecule has 2 aromatic carbocycles. The first-order valence-corrected chi connectivity index (χ1v) is 9.67. The van der Waals surface area contributed by atoms with E-state index in [1.54, 1.807) is 16.5 Å². The van der Waals surface area contributed by atoms with E-state index < -0.39 is 0 Å². The number of anilines is 1. The molecule has 2 heterocycles. The number of aryl methyl sites for hydroxylation is 3. The number of ether oxygens (including phenoxy) is 1. The lowest BCUT2D eigenvalue weighted by molar-refractivity contribution is 0.0983. The predicted octanol–water partition coefficient (Wildman–Crippen LogP) is 3.91. The number of carbonyl (C=O) groups excluding carboxylic acids is 1. The maximum absolute atomic E-state index is 13.5. The number of rotatable bonds is 5. The number of methoxy groups -OCH3 is 1. The number of nitrogens with zero attached hydrogens (tertiary/aromatic N) is 5. The van der Waals surface area contributed by atoms with E-state index in [2.05, 4.69) is 15.1 Å². The molecule has 30 heavy (non-hydrogen) atoms. The van der Waals surface area contributed by atoms with Crippen molar-refractivity contribution < 1.29 is 9.53 Å². The molecule has 1 amide bonds. The normalized spacial score (nSPS) is 10.9. The summed E-state index contributed by atoms with van der Waals surface area (Å²) >= 11 is 0. The highest BCUT2D eigenvalue weighted by Crippen LogP contribution is 2.30. The summed E-state index contributed by atoms with van der Waals surface area (Å²) < 4.78 is 7.20. The third kappa shape index (κ3) is 3.74. The van der Waals surface area contributed by atoms with E-state index >= 15 is 0 Å². The number of aromatic nitrogens is 4. The minimum absolute atomic E-state index is 0.154. The summed E-state index contributed by atoms with van der Waals surface area (Å²) in [6.45, 7) is 6.05. The molecule has 0 aliphatic heterocycles. The van der Waals surface area contributed by atoms with Gasteiger partial charge in [0.1, 0.15) is 5.75 Å². The number of fused-ring (bicyclic) bond motifs is 1. The summed E-state index contributed by atoms with van der Waals surface area (Å²) in [4.78, 5) is 24.1. The molecule has 0 aliphatic rings. The molecule has 4 rings (SSSR count). The van der Waals surface area contributed by atoms with Gasteiger partial charge < -0.3 is 4.74 Å². The van der Waals surface area contributed by atoms with Crippen molar-refractivity contribution in [2.75, 3.05) is 12.0 Å². The summed E-state index contributed by atoms with van der Waals surface area (Å²) in [6.07, 6.45) is 0. The van der Waals surface area contributed by atoms with Crippen LogP contribution in [-0.4, -0.2) is 32.6 Å². The van der Waals surface area contributed by atoms with Crippen LogP contribution in [0, 0.1) is 20.8 Å². The Morgan fingerprint density at radius 3 is 2.50 bits per heavy atom. The van der Waals surface area contributed by atoms with Gasteiger partial charge in [-0.2, -0.15) is 4.98 Å². The second-order valence-corrected chi connectivity index (χ2v) is 7.21. The monoisotopic (exact) mass is 401 g/mol. The van der Waals surface area contributed by atoms with Gasteiger partial charge in [-0.25, -0.2) is 9.50 Å². The van der Waals surface area contributed by atoms with E-state index in [4.69, 9.17) is 4.74 Å². The Morgan fingerprint density at radius 1 is 1.03 bits per heavy atom. The van der Waals surface area contributed by atoms with Crippen LogP contribution in [0.3, 0.4) is 0 Å². The summed E-state index contributed by atoms with van der Waals surface area (Å²) in [7, 11) is 1.59. The largest absolute Gasteiger partial charge is 0.495 e. The van der Waals surface area contributed by atoms with Crippen molar-refractivity contribution in [3.05, 3.63) is 82.9 Å². The van der Waals surface area contributed by atoms with Crippen molar-refractivity contribution in [3.8, 4) is 5.75 Å². The van der Waals surface area contributed by atoms with Gasteiger partial charge in [-0.3, -0.25) is 9.69 Å². The average Bonchev–Trinajstić information content (AvgIpc) is 3.15. The van der Waals surface area contributed by atoms with Crippen molar-refractivity contribution in [2.24, 2.45) is 0 Å². The molecule has 7 nitrogen and oxygen atoms in total. The Bertz CT molecular complexity index is 1210. The predicted molar refractivity (Wildman–Crippen MR) is 115 cm³/mol. The van der Waals surface area contributed by atoms with Crippen LogP contribution in [0.2, 0.25) is 0 Å². The Labute approximate surface area is 175 Å². The third-order valence-electron chi connectivity index (χ3n) is 4.88. The van der Waals surface area contributed by atoms with Crippen molar-refractivity contribution in [1.82, 2.24) is 19.6 Å².